The number of carbonyl (C=O) groups is 1. The second kappa shape index (κ2) is 5.23. The van der Waals surface area contributed by atoms with E-state index in [0.717, 1.165) is 18.9 Å². The Bertz CT molecular complexity index is 417. The molecular weight excluding hydrogens is 228 g/mol. The van der Waals surface area contributed by atoms with Gasteiger partial charge in [-0.2, -0.15) is 0 Å². The van der Waals surface area contributed by atoms with Gasteiger partial charge in [-0.05, 0) is 25.0 Å². The highest BCUT2D eigenvalue weighted by Gasteiger charge is 2.20. The second-order valence-corrected chi connectivity index (χ2v) is 3.99. The Morgan fingerprint density at radius 3 is 2.94 bits per heavy atom. The fourth-order valence-electron chi connectivity index (χ4n) is 1.80. The molecule has 0 aromatic heterocycles. The summed E-state index contributed by atoms with van der Waals surface area (Å²) in [5.41, 5.74) is -0.268. The first kappa shape index (κ1) is 12.0. The summed E-state index contributed by atoms with van der Waals surface area (Å²) < 4.78 is 31.5. The van der Waals surface area contributed by atoms with Gasteiger partial charge >= 0.3 is 0 Å². The lowest BCUT2D eigenvalue weighted by Crippen LogP contribution is -2.40. The van der Waals surface area contributed by atoms with Crippen molar-refractivity contribution in [2.45, 2.75) is 18.9 Å². The van der Waals surface area contributed by atoms with E-state index in [1.165, 1.54) is 12.1 Å². The van der Waals surface area contributed by atoms with Crippen molar-refractivity contribution in [1.82, 2.24) is 5.32 Å². The molecule has 0 radical (unpaired) electrons. The normalized spacial score (nSPS) is 20.0. The lowest BCUT2D eigenvalue weighted by molar-refractivity contribution is 0.0622. The number of rotatable bonds is 2. The predicted molar refractivity (Wildman–Crippen MR) is 57.7 cm³/mol. The van der Waals surface area contributed by atoms with Gasteiger partial charge in [-0.3, -0.25) is 4.79 Å². The fourth-order valence-corrected chi connectivity index (χ4v) is 1.80. The van der Waals surface area contributed by atoms with Gasteiger partial charge in [0.2, 0.25) is 0 Å². The summed E-state index contributed by atoms with van der Waals surface area (Å²) in [5.74, 6) is -2.73. The van der Waals surface area contributed by atoms with E-state index in [9.17, 15) is 13.6 Å². The van der Waals surface area contributed by atoms with Crippen molar-refractivity contribution in [1.29, 1.82) is 0 Å². The minimum atomic E-state index is -1.11. The number of hydrogen-bond acceptors (Lipinski definition) is 2. The monoisotopic (exact) mass is 241 g/mol. The molecule has 3 nitrogen and oxygen atoms in total. The van der Waals surface area contributed by atoms with Gasteiger partial charge in [-0.15, -0.1) is 0 Å². The molecule has 1 aromatic rings. The predicted octanol–water partition coefficient (Wildman–Crippen LogP) is 1.87. The number of amides is 1. The van der Waals surface area contributed by atoms with Gasteiger partial charge < -0.3 is 10.1 Å². The summed E-state index contributed by atoms with van der Waals surface area (Å²) in [7, 11) is 0. The van der Waals surface area contributed by atoms with Crippen LogP contribution in [0.1, 0.15) is 23.2 Å². The zero-order valence-corrected chi connectivity index (χ0v) is 9.21. The van der Waals surface area contributed by atoms with Crippen molar-refractivity contribution < 1.29 is 18.3 Å². The quantitative estimate of drug-likeness (QED) is 0.858. The number of nitrogens with one attached hydrogen (secondary N) is 1. The van der Waals surface area contributed by atoms with Gasteiger partial charge in [0.15, 0.2) is 11.6 Å². The van der Waals surface area contributed by atoms with Gasteiger partial charge in [-0.25, -0.2) is 8.78 Å². The summed E-state index contributed by atoms with van der Waals surface area (Å²) in [5, 5.41) is 2.63. The van der Waals surface area contributed by atoms with E-state index in [4.69, 9.17) is 4.74 Å². The molecule has 1 fully saturated rings. The fraction of sp³-hybridized carbons (Fsp3) is 0.417. The molecule has 0 aliphatic carbocycles. The highest BCUT2D eigenvalue weighted by molar-refractivity contribution is 5.94. The van der Waals surface area contributed by atoms with E-state index in [1.807, 2.05) is 0 Å². The standard InChI is InChI=1S/C12H13F2NO2/c13-10-5-1-4-9(11(10)14)12(16)15-8-3-2-6-17-7-8/h1,4-5,8H,2-3,6-7H2,(H,15,16). The number of hydrogen-bond donors (Lipinski definition) is 1. The molecule has 0 bridgehead atoms. The minimum absolute atomic E-state index is 0.126. The molecule has 1 amide bonds. The van der Waals surface area contributed by atoms with Gasteiger partial charge in [0.25, 0.3) is 5.91 Å². The molecule has 1 aliphatic heterocycles. The van der Waals surface area contributed by atoms with Crippen LogP contribution >= 0.6 is 0 Å². The molecule has 1 heterocycles. The number of benzene rings is 1. The Morgan fingerprint density at radius 2 is 2.24 bits per heavy atom. The molecule has 2 rings (SSSR count). The van der Waals surface area contributed by atoms with Gasteiger partial charge in [0.05, 0.1) is 18.2 Å². The zero-order chi connectivity index (χ0) is 12.3. The van der Waals surface area contributed by atoms with Crippen LogP contribution in [0.15, 0.2) is 18.2 Å². The SMILES string of the molecule is O=C(NC1CCCOC1)c1cccc(F)c1F. The first-order valence-electron chi connectivity index (χ1n) is 5.51. The van der Waals surface area contributed by atoms with Crippen LogP contribution in [-0.4, -0.2) is 25.2 Å². The van der Waals surface area contributed by atoms with Crippen molar-refractivity contribution in [2.75, 3.05) is 13.2 Å². The third-order valence-corrected chi connectivity index (χ3v) is 2.69. The molecule has 0 saturated carbocycles. The van der Waals surface area contributed by atoms with Crippen LogP contribution in [-0.2, 0) is 4.74 Å². The Labute approximate surface area is 97.8 Å². The number of halogens is 2. The summed E-state index contributed by atoms with van der Waals surface area (Å²) in [6.07, 6.45) is 1.65. The molecule has 1 atom stereocenters. The summed E-state index contributed by atoms with van der Waals surface area (Å²) in [6.45, 7) is 1.10. The van der Waals surface area contributed by atoms with E-state index in [2.05, 4.69) is 5.32 Å². The van der Waals surface area contributed by atoms with E-state index in [-0.39, 0.29) is 11.6 Å². The average Bonchev–Trinajstić information content (AvgIpc) is 2.34. The first-order valence-corrected chi connectivity index (χ1v) is 5.51. The Hall–Kier alpha value is -1.49. The Kier molecular flexibility index (Phi) is 3.68. The molecule has 1 saturated heterocycles. The van der Waals surface area contributed by atoms with Gasteiger partial charge in [-0.1, -0.05) is 6.07 Å². The molecule has 1 N–H and O–H groups in total. The van der Waals surface area contributed by atoms with Crippen LogP contribution in [0.2, 0.25) is 0 Å². The van der Waals surface area contributed by atoms with Crippen molar-refractivity contribution in [3.63, 3.8) is 0 Å². The minimum Gasteiger partial charge on any atom is -0.379 e. The van der Waals surface area contributed by atoms with E-state index < -0.39 is 17.5 Å². The van der Waals surface area contributed by atoms with E-state index in [1.54, 1.807) is 0 Å². The molecule has 1 aromatic carbocycles. The third-order valence-electron chi connectivity index (χ3n) is 2.69. The van der Waals surface area contributed by atoms with Crippen molar-refractivity contribution in [2.24, 2.45) is 0 Å². The lowest BCUT2D eigenvalue weighted by atomic mass is 10.1. The number of carbonyl (C=O) groups excluding carboxylic acids is 1. The van der Waals surface area contributed by atoms with Crippen LogP contribution in [0.25, 0.3) is 0 Å². The first-order chi connectivity index (χ1) is 8.18. The van der Waals surface area contributed by atoms with Crippen LogP contribution in [0, 0.1) is 11.6 Å². The summed E-state index contributed by atoms with van der Waals surface area (Å²) in [6, 6.07) is 3.43. The van der Waals surface area contributed by atoms with E-state index >= 15 is 0 Å². The topological polar surface area (TPSA) is 38.3 Å². The maximum atomic E-state index is 13.3. The van der Waals surface area contributed by atoms with E-state index in [0.29, 0.717) is 13.2 Å². The highest BCUT2D eigenvalue weighted by atomic mass is 19.2. The lowest BCUT2D eigenvalue weighted by Gasteiger charge is -2.23. The largest absolute Gasteiger partial charge is 0.379 e. The number of ether oxygens (including phenoxy) is 1. The highest BCUT2D eigenvalue weighted by Crippen LogP contribution is 2.12. The van der Waals surface area contributed by atoms with Crippen LogP contribution in [0.5, 0.6) is 0 Å². The average molecular weight is 241 g/mol. The molecule has 92 valence electrons. The molecule has 1 aliphatic rings. The Morgan fingerprint density at radius 1 is 1.41 bits per heavy atom. The summed E-state index contributed by atoms with van der Waals surface area (Å²) >= 11 is 0. The van der Waals surface area contributed by atoms with Crippen molar-refractivity contribution in [3.05, 3.63) is 35.4 Å². The molecule has 5 heteroatoms. The smallest absolute Gasteiger partial charge is 0.254 e. The van der Waals surface area contributed by atoms with Crippen molar-refractivity contribution >= 4 is 5.91 Å². The maximum absolute atomic E-state index is 13.3. The molecule has 1 unspecified atom stereocenters. The zero-order valence-electron chi connectivity index (χ0n) is 9.21. The molecule has 17 heavy (non-hydrogen) atoms. The van der Waals surface area contributed by atoms with Crippen LogP contribution in [0.3, 0.4) is 0 Å². The Balaban J connectivity index is 2.06. The van der Waals surface area contributed by atoms with Crippen LogP contribution in [0.4, 0.5) is 8.78 Å². The summed E-state index contributed by atoms with van der Waals surface area (Å²) in [4.78, 5) is 11.7. The molecular formula is C12H13F2NO2. The maximum Gasteiger partial charge on any atom is 0.254 e. The van der Waals surface area contributed by atoms with Gasteiger partial charge in [0, 0.05) is 6.61 Å². The second-order valence-electron chi connectivity index (χ2n) is 3.99. The van der Waals surface area contributed by atoms with Crippen LogP contribution < -0.4 is 5.32 Å². The molecule has 0 spiro atoms. The third kappa shape index (κ3) is 2.79. The van der Waals surface area contributed by atoms with Crippen molar-refractivity contribution in [3.8, 4) is 0 Å². The van der Waals surface area contributed by atoms with Gasteiger partial charge in [0.1, 0.15) is 0 Å².